The Morgan fingerprint density at radius 2 is 2.12 bits per heavy atom. The average molecular weight is 299 g/mol. The number of carbonyl (C=O) groups excluding carboxylic acids is 1. The fourth-order valence-corrected chi connectivity index (χ4v) is 2.44. The van der Waals surface area contributed by atoms with Crippen LogP contribution in [0.5, 0.6) is 0 Å². The lowest BCUT2D eigenvalue weighted by molar-refractivity contribution is -0.885. The van der Waals surface area contributed by atoms with Gasteiger partial charge in [0.2, 0.25) is 0 Å². The monoisotopic (exact) mass is 298 g/mol. The van der Waals surface area contributed by atoms with Crippen LogP contribution in [0, 0.1) is 0 Å². The third-order valence-corrected chi connectivity index (χ3v) is 3.61. The van der Waals surface area contributed by atoms with Crippen LogP contribution >= 0.6 is 15.9 Å². The molecule has 0 aliphatic carbocycles. The first-order chi connectivity index (χ1) is 8.15. The van der Waals surface area contributed by atoms with Gasteiger partial charge in [-0.15, -0.1) is 0 Å². The van der Waals surface area contributed by atoms with Crippen molar-refractivity contribution in [1.82, 2.24) is 0 Å². The Morgan fingerprint density at radius 1 is 1.41 bits per heavy atom. The van der Waals surface area contributed by atoms with E-state index in [4.69, 9.17) is 4.74 Å². The molecule has 1 saturated heterocycles. The number of halogens is 1. The Balaban J connectivity index is 1.93. The minimum Gasteiger partial charge on any atom is -0.458 e. The summed E-state index contributed by atoms with van der Waals surface area (Å²) in [7, 11) is 2.17. The summed E-state index contributed by atoms with van der Waals surface area (Å²) in [6, 6.07) is 7.32. The topological polar surface area (TPSA) is 30.7 Å². The van der Waals surface area contributed by atoms with Gasteiger partial charge in [-0.05, 0) is 18.2 Å². The molecule has 17 heavy (non-hydrogen) atoms. The van der Waals surface area contributed by atoms with Crippen molar-refractivity contribution in [3.8, 4) is 0 Å². The number of piperidine rings is 1. The third kappa shape index (κ3) is 3.54. The minimum absolute atomic E-state index is 0.0881. The van der Waals surface area contributed by atoms with Gasteiger partial charge < -0.3 is 9.64 Å². The average Bonchev–Trinajstić information content (AvgIpc) is 2.32. The molecular formula is C13H17BrNO2+. The van der Waals surface area contributed by atoms with Crippen molar-refractivity contribution in [3.05, 3.63) is 34.3 Å². The number of esters is 1. The number of nitrogens with one attached hydrogen (secondary N) is 1. The van der Waals surface area contributed by atoms with Crippen LogP contribution in [0.3, 0.4) is 0 Å². The number of rotatable bonds is 2. The van der Waals surface area contributed by atoms with Crippen LogP contribution in [0.25, 0.3) is 0 Å². The Labute approximate surface area is 110 Å². The minimum atomic E-state index is -0.212. The van der Waals surface area contributed by atoms with Gasteiger partial charge in [0, 0.05) is 17.3 Å². The number of ether oxygens (including phenoxy) is 1. The van der Waals surface area contributed by atoms with Gasteiger partial charge in [-0.1, -0.05) is 22.0 Å². The van der Waals surface area contributed by atoms with E-state index in [2.05, 4.69) is 23.0 Å². The molecule has 0 amide bonds. The molecule has 2 rings (SSSR count). The maximum Gasteiger partial charge on any atom is 0.338 e. The molecule has 0 aromatic heterocycles. The van der Waals surface area contributed by atoms with E-state index < -0.39 is 0 Å². The second-order valence-corrected chi connectivity index (χ2v) is 5.49. The molecule has 0 radical (unpaired) electrons. The molecule has 0 spiro atoms. The maximum absolute atomic E-state index is 11.9. The lowest BCUT2D eigenvalue weighted by Gasteiger charge is -2.26. The van der Waals surface area contributed by atoms with Gasteiger partial charge in [0.1, 0.15) is 6.10 Å². The predicted molar refractivity (Wildman–Crippen MR) is 69.2 cm³/mol. The van der Waals surface area contributed by atoms with Crippen LogP contribution in [0.2, 0.25) is 0 Å². The Morgan fingerprint density at radius 3 is 2.76 bits per heavy atom. The number of quaternary nitrogens is 1. The standard InChI is InChI=1S/C13H16BrNO2/c1-15-7-5-12(6-8-15)17-13(16)10-3-2-4-11(14)9-10/h2-4,9,12H,5-8H2,1H3/p+1. The second-order valence-electron chi connectivity index (χ2n) is 4.57. The fraction of sp³-hybridized carbons (Fsp3) is 0.462. The van der Waals surface area contributed by atoms with Crippen LogP contribution in [-0.4, -0.2) is 32.2 Å². The molecule has 1 heterocycles. The molecule has 0 atom stereocenters. The van der Waals surface area contributed by atoms with Crippen LogP contribution in [0.4, 0.5) is 0 Å². The summed E-state index contributed by atoms with van der Waals surface area (Å²) in [4.78, 5) is 13.4. The highest BCUT2D eigenvalue weighted by Crippen LogP contribution is 2.14. The fourth-order valence-electron chi connectivity index (χ4n) is 2.04. The van der Waals surface area contributed by atoms with Crippen molar-refractivity contribution in [2.45, 2.75) is 18.9 Å². The van der Waals surface area contributed by atoms with Gasteiger partial charge in [0.25, 0.3) is 0 Å². The Kier molecular flexibility index (Phi) is 4.18. The number of hydrogen-bond donors (Lipinski definition) is 1. The first-order valence-corrected chi connectivity index (χ1v) is 6.72. The quantitative estimate of drug-likeness (QED) is 0.834. The molecule has 1 N–H and O–H groups in total. The Hall–Kier alpha value is -0.870. The third-order valence-electron chi connectivity index (χ3n) is 3.12. The van der Waals surface area contributed by atoms with Crippen molar-refractivity contribution in [2.75, 3.05) is 20.1 Å². The highest BCUT2D eigenvalue weighted by atomic mass is 79.9. The zero-order valence-corrected chi connectivity index (χ0v) is 11.5. The number of benzene rings is 1. The summed E-state index contributed by atoms with van der Waals surface area (Å²) in [5, 5.41) is 0. The van der Waals surface area contributed by atoms with E-state index in [9.17, 15) is 4.79 Å². The predicted octanol–water partition coefficient (Wildman–Crippen LogP) is 1.28. The van der Waals surface area contributed by atoms with E-state index in [1.54, 1.807) is 12.1 Å². The van der Waals surface area contributed by atoms with Crippen molar-refractivity contribution >= 4 is 21.9 Å². The molecule has 1 aliphatic rings. The molecule has 0 bridgehead atoms. The van der Waals surface area contributed by atoms with Crippen LogP contribution in [0.1, 0.15) is 23.2 Å². The van der Waals surface area contributed by atoms with Gasteiger partial charge in [-0.2, -0.15) is 0 Å². The number of carbonyl (C=O) groups is 1. The molecule has 1 aromatic rings. The van der Waals surface area contributed by atoms with Crippen LogP contribution in [0.15, 0.2) is 28.7 Å². The molecule has 92 valence electrons. The largest absolute Gasteiger partial charge is 0.458 e. The van der Waals surface area contributed by atoms with Crippen LogP contribution < -0.4 is 4.90 Å². The molecule has 4 heteroatoms. The molecule has 1 fully saturated rings. The zero-order valence-electron chi connectivity index (χ0n) is 9.91. The summed E-state index contributed by atoms with van der Waals surface area (Å²) in [5.74, 6) is -0.212. The van der Waals surface area contributed by atoms with Gasteiger partial charge >= 0.3 is 5.97 Å². The van der Waals surface area contributed by atoms with Crippen molar-refractivity contribution < 1.29 is 14.4 Å². The zero-order chi connectivity index (χ0) is 12.3. The van der Waals surface area contributed by atoms with E-state index >= 15 is 0 Å². The smallest absolute Gasteiger partial charge is 0.338 e. The molecule has 0 saturated carbocycles. The lowest BCUT2D eigenvalue weighted by atomic mass is 10.1. The highest BCUT2D eigenvalue weighted by Gasteiger charge is 2.23. The van der Waals surface area contributed by atoms with Gasteiger partial charge in [-0.3, -0.25) is 0 Å². The van der Waals surface area contributed by atoms with E-state index in [-0.39, 0.29) is 12.1 Å². The first-order valence-electron chi connectivity index (χ1n) is 5.93. The van der Waals surface area contributed by atoms with Gasteiger partial charge in [0.15, 0.2) is 0 Å². The molecule has 1 aromatic carbocycles. The van der Waals surface area contributed by atoms with Crippen molar-refractivity contribution in [2.24, 2.45) is 0 Å². The molecular weight excluding hydrogens is 282 g/mol. The lowest BCUT2D eigenvalue weighted by Crippen LogP contribution is -3.10. The summed E-state index contributed by atoms with van der Waals surface area (Å²) < 4.78 is 6.41. The summed E-state index contributed by atoms with van der Waals surface area (Å²) in [6.07, 6.45) is 2.02. The highest BCUT2D eigenvalue weighted by molar-refractivity contribution is 9.10. The number of likely N-dealkylation sites (tertiary alicyclic amines) is 1. The normalized spacial score (nSPS) is 24.4. The first kappa shape index (κ1) is 12.6. The molecule has 3 nitrogen and oxygen atoms in total. The molecule has 0 unspecified atom stereocenters. The maximum atomic E-state index is 11.9. The van der Waals surface area contributed by atoms with Crippen molar-refractivity contribution in [3.63, 3.8) is 0 Å². The van der Waals surface area contributed by atoms with Crippen molar-refractivity contribution in [1.29, 1.82) is 0 Å². The van der Waals surface area contributed by atoms with E-state index in [0.29, 0.717) is 5.56 Å². The van der Waals surface area contributed by atoms with E-state index in [1.807, 2.05) is 12.1 Å². The van der Waals surface area contributed by atoms with Crippen LogP contribution in [-0.2, 0) is 4.74 Å². The van der Waals surface area contributed by atoms with Gasteiger partial charge in [0.05, 0.1) is 25.7 Å². The number of hydrogen-bond acceptors (Lipinski definition) is 2. The van der Waals surface area contributed by atoms with Gasteiger partial charge in [-0.25, -0.2) is 4.79 Å². The second kappa shape index (κ2) is 5.65. The van der Waals surface area contributed by atoms with E-state index in [0.717, 1.165) is 30.4 Å². The van der Waals surface area contributed by atoms with E-state index in [1.165, 1.54) is 4.90 Å². The summed E-state index contributed by atoms with van der Waals surface area (Å²) >= 11 is 3.35. The Bertz CT molecular complexity index is 400. The molecule has 1 aliphatic heterocycles. The summed E-state index contributed by atoms with van der Waals surface area (Å²) in [6.45, 7) is 2.16. The SMILES string of the molecule is C[NH+]1CCC(OC(=O)c2cccc(Br)c2)CC1. The summed E-state index contributed by atoms with van der Waals surface area (Å²) in [5.41, 5.74) is 0.616.